The average molecular weight is 277 g/mol. The minimum absolute atomic E-state index is 0.0539. The second kappa shape index (κ2) is 6.36. The smallest absolute Gasteiger partial charge is 0.259 e. The number of hydrogen-bond acceptors (Lipinski definition) is 4. The van der Waals surface area contributed by atoms with E-state index in [0.29, 0.717) is 37.6 Å². The third-order valence-electron chi connectivity index (χ3n) is 3.42. The van der Waals surface area contributed by atoms with Crippen LogP contribution in [0.1, 0.15) is 23.7 Å². The molecule has 0 aromatic carbocycles. The average Bonchev–Trinajstić information content (AvgIpc) is 2.72. The van der Waals surface area contributed by atoms with Gasteiger partial charge in [-0.1, -0.05) is 0 Å². The molecule has 2 heterocycles. The van der Waals surface area contributed by atoms with Crippen molar-refractivity contribution in [3.05, 3.63) is 23.9 Å². The van der Waals surface area contributed by atoms with Gasteiger partial charge in [0.2, 0.25) is 11.8 Å². The molecule has 0 aliphatic carbocycles. The quantitative estimate of drug-likeness (QED) is 0.801. The van der Waals surface area contributed by atoms with Crippen molar-refractivity contribution in [2.45, 2.75) is 13.3 Å². The fraction of sp³-hybridized carbons (Fsp3) is 0.500. The van der Waals surface area contributed by atoms with E-state index in [0.717, 1.165) is 6.42 Å². The van der Waals surface area contributed by atoms with E-state index in [1.165, 1.54) is 7.11 Å². The Kier molecular flexibility index (Phi) is 4.55. The summed E-state index contributed by atoms with van der Waals surface area (Å²) in [7, 11) is 1.50. The van der Waals surface area contributed by atoms with Gasteiger partial charge < -0.3 is 14.5 Å². The number of carbonyl (C=O) groups is 2. The summed E-state index contributed by atoms with van der Waals surface area (Å²) in [5.74, 6) is 0.295. The van der Waals surface area contributed by atoms with Crippen LogP contribution in [0.25, 0.3) is 0 Å². The first-order valence-electron chi connectivity index (χ1n) is 6.67. The Hall–Kier alpha value is -2.11. The molecular formula is C14H19N3O3. The van der Waals surface area contributed by atoms with E-state index in [2.05, 4.69) is 4.98 Å². The Morgan fingerprint density at radius 2 is 1.90 bits per heavy atom. The molecule has 2 rings (SSSR count). The van der Waals surface area contributed by atoms with Gasteiger partial charge in [0.05, 0.1) is 7.11 Å². The van der Waals surface area contributed by atoms with Gasteiger partial charge >= 0.3 is 0 Å². The van der Waals surface area contributed by atoms with E-state index < -0.39 is 0 Å². The summed E-state index contributed by atoms with van der Waals surface area (Å²) >= 11 is 0. The first-order chi connectivity index (χ1) is 9.63. The highest BCUT2D eigenvalue weighted by atomic mass is 16.5. The van der Waals surface area contributed by atoms with Gasteiger partial charge in [-0.05, 0) is 18.6 Å². The lowest BCUT2D eigenvalue weighted by Gasteiger charge is -2.21. The Morgan fingerprint density at radius 1 is 1.20 bits per heavy atom. The van der Waals surface area contributed by atoms with Crippen molar-refractivity contribution >= 4 is 11.8 Å². The number of carbonyl (C=O) groups excluding carboxylic acids is 2. The fourth-order valence-corrected chi connectivity index (χ4v) is 2.32. The van der Waals surface area contributed by atoms with Crippen molar-refractivity contribution in [3.8, 4) is 5.88 Å². The van der Waals surface area contributed by atoms with Crippen molar-refractivity contribution in [2.75, 3.05) is 33.3 Å². The van der Waals surface area contributed by atoms with Gasteiger partial charge in [0, 0.05) is 39.3 Å². The summed E-state index contributed by atoms with van der Waals surface area (Å²) in [6.07, 6.45) is 2.38. The molecule has 1 aliphatic rings. The van der Waals surface area contributed by atoms with Gasteiger partial charge in [-0.15, -0.1) is 0 Å². The van der Waals surface area contributed by atoms with Crippen LogP contribution < -0.4 is 4.74 Å². The topological polar surface area (TPSA) is 62.7 Å². The van der Waals surface area contributed by atoms with Crippen LogP contribution in [0.5, 0.6) is 5.88 Å². The van der Waals surface area contributed by atoms with Gasteiger partial charge in [0.25, 0.3) is 5.91 Å². The van der Waals surface area contributed by atoms with Gasteiger partial charge in [0.1, 0.15) is 5.56 Å². The molecule has 2 amide bonds. The highest BCUT2D eigenvalue weighted by Gasteiger charge is 2.23. The SMILES string of the molecule is COc1ncccc1C(=O)N1CCCN(C(C)=O)CC1. The zero-order valence-electron chi connectivity index (χ0n) is 11.8. The standard InChI is InChI=1S/C14H19N3O3/c1-11(18)16-7-4-8-17(10-9-16)14(19)12-5-3-6-15-13(12)20-2/h3,5-6H,4,7-10H2,1-2H3. The zero-order chi connectivity index (χ0) is 14.5. The minimum atomic E-state index is -0.0969. The van der Waals surface area contributed by atoms with Crippen LogP contribution in [0.3, 0.4) is 0 Å². The van der Waals surface area contributed by atoms with Gasteiger partial charge in [-0.2, -0.15) is 0 Å². The normalized spacial score (nSPS) is 15.7. The Bertz CT molecular complexity index is 504. The van der Waals surface area contributed by atoms with Crippen LogP contribution in [0, 0.1) is 0 Å². The molecule has 1 aromatic heterocycles. The summed E-state index contributed by atoms with van der Waals surface area (Å²) < 4.78 is 5.12. The Morgan fingerprint density at radius 3 is 2.60 bits per heavy atom. The Balaban J connectivity index is 2.11. The summed E-state index contributed by atoms with van der Waals surface area (Å²) in [5, 5.41) is 0. The number of nitrogens with zero attached hydrogens (tertiary/aromatic N) is 3. The number of aromatic nitrogens is 1. The van der Waals surface area contributed by atoms with E-state index in [1.54, 1.807) is 35.1 Å². The van der Waals surface area contributed by atoms with Crippen LogP contribution in [0.4, 0.5) is 0 Å². The lowest BCUT2D eigenvalue weighted by Crippen LogP contribution is -2.36. The van der Waals surface area contributed by atoms with Crippen molar-refractivity contribution in [1.82, 2.24) is 14.8 Å². The molecule has 1 aliphatic heterocycles. The van der Waals surface area contributed by atoms with Crippen molar-refractivity contribution in [2.24, 2.45) is 0 Å². The second-order valence-electron chi connectivity index (χ2n) is 4.71. The zero-order valence-corrected chi connectivity index (χ0v) is 11.8. The minimum Gasteiger partial charge on any atom is -0.480 e. The molecule has 0 atom stereocenters. The second-order valence-corrected chi connectivity index (χ2v) is 4.71. The largest absolute Gasteiger partial charge is 0.480 e. The van der Waals surface area contributed by atoms with E-state index in [1.807, 2.05) is 0 Å². The summed E-state index contributed by atoms with van der Waals surface area (Å²) in [6.45, 7) is 4.01. The molecule has 1 aromatic rings. The van der Waals surface area contributed by atoms with E-state index in [-0.39, 0.29) is 11.8 Å². The van der Waals surface area contributed by atoms with Crippen molar-refractivity contribution in [1.29, 1.82) is 0 Å². The third kappa shape index (κ3) is 3.07. The third-order valence-corrected chi connectivity index (χ3v) is 3.42. The highest BCUT2D eigenvalue weighted by molar-refractivity contribution is 5.96. The molecule has 1 saturated heterocycles. The van der Waals surface area contributed by atoms with Gasteiger partial charge in [0.15, 0.2) is 0 Å². The maximum atomic E-state index is 12.5. The predicted molar refractivity (Wildman–Crippen MR) is 73.6 cm³/mol. The molecule has 0 saturated carbocycles. The molecule has 1 fully saturated rings. The molecule has 0 radical (unpaired) electrons. The molecular weight excluding hydrogens is 258 g/mol. The lowest BCUT2D eigenvalue weighted by atomic mass is 10.2. The highest BCUT2D eigenvalue weighted by Crippen LogP contribution is 2.17. The van der Waals surface area contributed by atoms with Crippen LogP contribution in [0.15, 0.2) is 18.3 Å². The van der Waals surface area contributed by atoms with Crippen LogP contribution in [0.2, 0.25) is 0 Å². The molecule has 0 bridgehead atoms. The lowest BCUT2D eigenvalue weighted by molar-refractivity contribution is -0.128. The van der Waals surface area contributed by atoms with Crippen LogP contribution >= 0.6 is 0 Å². The van der Waals surface area contributed by atoms with E-state index >= 15 is 0 Å². The first kappa shape index (κ1) is 14.3. The molecule has 108 valence electrons. The number of hydrogen-bond donors (Lipinski definition) is 0. The number of pyridine rings is 1. The summed E-state index contributed by atoms with van der Waals surface area (Å²) in [6, 6.07) is 3.43. The predicted octanol–water partition coefficient (Wildman–Crippen LogP) is 0.785. The van der Waals surface area contributed by atoms with Gasteiger partial charge in [-0.25, -0.2) is 4.98 Å². The van der Waals surface area contributed by atoms with E-state index in [9.17, 15) is 9.59 Å². The van der Waals surface area contributed by atoms with Crippen LogP contribution in [-0.2, 0) is 4.79 Å². The maximum absolute atomic E-state index is 12.5. The molecule has 6 heteroatoms. The number of rotatable bonds is 2. The molecule has 0 unspecified atom stereocenters. The monoisotopic (exact) mass is 277 g/mol. The summed E-state index contributed by atoms with van der Waals surface area (Å²) in [5.41, 5.74) is 0.464. The van der Waals surface area contributed by atoms with Crippen molar-refractivity contribution < 1.29 is 14.3 Å². The molecule has 0 N–H and O–H groups in total. The number of methoxy groups -OCH3 is 1. The molecule has 20 heavy (non-hydrogen) atoms. The first-order valence-corrected chi connectivity index (χ1v) is 6.67. The maximum Gasteiger partial charge on any atom is 0.259 e. The van der Waals surface area contributed by atoms with Gasteiger partial charge in [-0.3, -0.25) is 9.59 Å². The van der Waals surface area contributed by atoms with Crippen LogP contribution in [-0.4, -0.2) is 59.9 Å². The number of amides is 2. The Labute approximate surface area is 118 Å². The summed E-state index contributed by atoms with van der Waals surface area (Å²) in [4.78, 5) is 31.5. The van der Waals surface area contributed by atoms with E-state index in [4.69, 9.17) is 4.74 Å². The molecule has 6 nitrogen and oxygen atoms in total. The van der Waals surface area contributed by atoms with Crippen molar-refractivity contribution in [3.63, 3.8) is 0 Å². The fourth-order valence-electron chi connectivity index (χ4n) is 2.32. The number of ether oxygens (including phenoxy) is 1. The molecule has 0 spiro atoms.